The fourth-order valence-corrected chi connectivity index (χ4v) is 4.25. The molecule has 1 atom stereocenters. The number of imide groups is 1. The zero-order valence-corrected chi connectivity index (χ0v) is 17.8. The van der Waals surface area contributed by atoms with Crippen LogP contribution in [-0.4, -0.2) is 66.5 Å². The molecule has 1 unspecified atom stereocenters. The van der Waals surface area contributed by atoms with Gasteiger partial charge in [0, 0.05) is 31.1 Å². The number of fused-ring (bicyclic) bond motifs is 1. The third-order valence-electron chi connectivity index (χ3n) is 5.89. The summed E-state index contributed by atoms with van der Waals surface area (Å²) >= 11 is 0. The molecule has 2 aliphatic heterocycles. The van der Waals surface area contributed by atoms with E-state index in [0.29, 0.717) is 28.1 Å². The summed E-state index contributed by atoms with van der Waals surface area (Å²) in [6.07, 6.45) is 3.61. The van der Waals surface area contributed by atoms with Crippen molar-refractivity contribution in [2.75, 3.05) is 7.11 Å². The second-order valence-corrected chi connectivity index (χ2v) is 7.77. The maximum absolute atomic E-state index is 13.0. The minimum atomic E-state index is -0.709. The first kappa shape index (κ1) is 20.5. The van der Waals surface area contributed by atoms with Gasteiger partial charge >= 0.3 is 5.97 Å². The molecule has 2 aromatic heterocycles. The molecule has 0 spiro atoms. The van der Waals surface area contributed by atoms with Gasteiger partial charge in [-0.15, -0.1) is 5.10 Å². The van der Waals surface area contributed by atoms with Crippen LogP contribution in [0.5, 0.6) is 0 Å². The largest absolute Gasteiger partial charge is 0.464 e. The summed E-state index contributed by atoms with van der Waals surface area (Å²) in [4.78, 5) is 50.5. The predicted octanol–water partition coefficient (Wildman–Crippen LogP) is 0.215. The van der Waals surface area contributed by atoms with Gasteiger partial charge in [-0.1, -0.05) is 11.3 Å². The van der Waals surface area contributed by atoms with E-state index in [1.807, 2.05) is 0 Å². The minimum absolute atomic E-state index is 0.184. The van der Waals surface area contributed by atoms with Crippen LogP contribution in [0, 0.1) is 0 Å². The number of methoxy groups -OCH3 is 1. The van der Waals surface area contributed by atoms with Crippen molar-refractivity contribution >= 4 is 23.7 Å². The summed E-state index contributed by atoms with van der Waals surface area (Å²) in [5.41, 5.74) is 2.89. The minimum Gasteiger partial charge on any atom is -0.464 e. The lowest BCUT2D eigenvalue weighted by atomic mass is 10.0. The zero-order chi connectivity index (χ0) is 23.3. The molecule has 0 aliphatic carbocycles. The van der Waals surface area contributed by atoms with Gasteiger partial charge in [-0.2, -0.15) is 5.10 Å². The van der Waals surface area contributed by atoms with Crippen LogP contribution < -0.4 is 5.32 Å². The Morgan fingerprint density at radius 1 is 1.21 bits per heavy atom. The van der Waals surface area contributed by atoms with Crippen molar-refractivity contribution in [3.05, 3.63) is 47.4 Å². The molecule has 12 heteroatoms. The molecule has 3 amide bonds. The van der Waals surface area contributed by atoms with E-state index < -0.39 is 17.9 Å². The van der Waals surface area contributed by atoms with Crippen LogP contribution in [0.3, 0.4) is 0 Å². The van der Waals surface area contributed by atoms with Crippen molar-refractivity contribution in [2.45, 2.75) is 25.4 Å². The van der Waals surface area contributed by atoms with E-state index in [1.54, 1.807) is 31.4 Å². The topological polar surface area (TPSA) is 141 Å². The SMILES string of the molecule is COC(=O)c1c(-c2cn(-c3cccc4c3CN(C3CCC(=O)NC3=O)C4=O)nn2)cnn1C. The van der Waals surface area contributed by atoms with Gasteiger partial charge in [0.25, 0.3) is 5.91 Å². The van der Waals surface area contributed by atoms with Crippen LogP contribution in [0.4, 0.5) is 0 Å². The van der Waals surface area contributed by atoms with Gasteiger partial charge in [0.2, 0.25) is 11.8 Å². The zero-order valence-electron chi connectivity index (χ0n) is 17.8. The van der Waals surface area contributed by atoms with Crippen LogP contribution in [0.15, 0.2) is 30.6 Å². The fraction of sp³-hybridized carbons (Fsp3) is 0.286. The Labute approximate surface area is 187 Å². The number of amides is 3. The number of esters is 1. The number of nitrogens with zero attached hydrogens (tertiary/aromatic N) is 6. The monoisotopic (exact) mass is 449 g/mol. The Hall–Kier alpha value is -4.35. The van der Waals surface area contributed by atoms with E-state index in [2.05, 4.69) is 20.7 Å². The van der Waals surface area contributed by atoms with E-state index in [9.17, 15) is 19.2 Å². The summed E-state index contributed by atoms with van der Waals surface area (Å²) in [7, 11) is 2.91. The highest BCUT2D eigenvalue weighted by molar-refractivity contribution is 6.05. The molecule has 1 fully saturated rings. The number of aromatic nitrogens is 5. The van der Waals surface area contributed by atoms with Crippen LogP contribution in [0.2, 0.25) is 0 Å². The van der Waals surface area contributed by atoms with Gasteiger partial charge in [0.05, 0.1) is 30.8 Å². The molecule has 12 nitrogen and oxygen atoms in total. The number of piperidine rings is 1. The third kappa shape index (κ3) is 3.26. The molecular formula is C21H19N7O5. The molecule has 168 valence electrons. The van der Waals surface area contributed by atoms with Crippen LogP contribution in [0.1, 0.15) is 39.3 Å². The molecule has 0 bridgehead atoms. The number of aryl methyl sites for hydroxylation is 1. The molecule has 0 saturated carbocycles. The number of nitrogens with one attached hydrogen (secondary N) is 1. The van der Waals surface area contributed by atoms with Crippen molar-refractivity contribution in [1.82, 2.24) is 35.0 Å². The Kier molecular flexibility index (Phi) is 4.77. The van der Waals surface area contributed by atoms with Gasteiger partial charge in [0.15, 0.2) is 5.69 Å². The highest BCUT2D eigenvalue weighted by Gasteiger charge is 2.40. The second-order valence-electron chi connectivity index (χ2n) is 7.77. The fourth-order valence-electron chi connectivity index (χ4n) is 4.25. The Bertz CT molecular complexity index is 1320. The van der Waals surface area contributed by atoms with E-state index >= 15 is 0 Å². The van der Waals surface area contributed by atoms with Gasteiger partial charge in [-0.3, -0.25) is 24.4 Å². The van der Waals surface area contributed by atoms with Crippen molar-refractivity contribution in [3.63, 3.8) is 0 Å². The Morgan fingerprint density at radius 2 is 2.03 bits per heavy atom. The molecular weight excluding hydrogens is 430 g/mol. The Morgan fingerprint density at radius 3 is 2.79 bits per heavy atom. The van der Waals surface area contributed by atoms with Gasteiger partial charge in [-0.25, -0.2) is 9.48 Å². The smallest absolute Gasteiger partial charge is 0.357 e. The molecule has 4 heterocycles. The summed E-state index contributed by atoms with van der Waals surface area (Å²) in [5, 5.41) is 14.8. The van der Waals surface area contributed by atoms with Crippen LogP contribution in [-0.2, 0) is 27.9 Å². The van der Waals surface area contributed by atoms with E-state index in [-0.39, 0.29) is 36.9 Å². The van der Waals surface area contributed by atoms with E-state index in [4.69, 9.17) is 4.74 Å². The molecule has 33 heavy (non-hydrogen) atoms. The lowest BCUT2D eigenvalue weighted by Crippen LogP contribution is -2.52. The van der Waals surface area contributed by atoms with Crippen molar-refractivity contribution in [1.29, 1.82) is 0 Å². The van der Waals surface area contributed by atoms with E-state index in [1.165, 1.54) is 27.6 Å². The standard InChI is InChI=1S/C21H19N7O5/c1-26-18(21(32)33-2)12(8-22-26)14-10-28(25-24-14)15-5-3-4-11-13(15)9-27(20(11)31)16-6-7-17(29)23-19(16)30/h3-5,8,10,16H,6-7,9H2,1-2H3,(H,23,29,30). The number of carbonyl (C=O) groups is 4. The molecule has 5 rings (SSSR count). The summed E-state index contributed by atoms with van der Waals surface area (Å²) in [6.45, 7) is 0.201. The first-order chi connectivity index (χ1) is 15.9. The van der Waals surface area contributed by atoms with Crippen LogP contribution in [0.25, 0.3) is 16.9 Å². The summed E-state index contributed by atoms with van der Waals surface area (Å²) < 4.78 is 7.75. The van der Waals surface area contributed by atoms with Crippen molar-refractivity contribution in [2.24, 2.45) is 7.05 Å². The lowest BCUT2D eigenvalue weighted by Gasteiger charge is -2.29. The predicted molar refractivity (Wildman–Crippen MR) is 111 cm³/mol. The molecule has 3 aromatic rings. The second kappa shape index (κ2) is 7.65. The summed E-state index contributed by atoms with van der Waals surface area (Å²) in [6, 6.07) is 4.51. The first-order valence-electron chi connectivity index (χ1n) is 10.2. The summed E-state index contributed by atoms with van der Waals surface area (Å²) in [5.74, 6) is -1.63. The molecule has 1 aromatic carbocycles. The number of benzene rings is 1. The van der Waals surface area contributed by atoms with Crippen molar-refractivity contribution < 1.29 is 23.9 Å². The lowest BCUT2D eigenvalue weighted by molar-refractivity contribution is -0.136. The normalized spacial score (nSPS) is 17.8. The number of hydrogen-bond acceptors (Lipinski definition) is 8. The molecule has 1 saturated heterocycles. The highest BCUT2D eigenvalue weighted by Crippen LogP contribution is 2.32. The number of carbonyl (C=O) groups excluding carboxylic acids is 4. The number of ether oxygens (including phenoxy) is 1. The first-order valence-corrected chi connectivity index (χ1v) is 10.2. The van der Waals surface area contributed by atoms with Gasteiger partial charge in [0.1, 0.15) is 11.7 Å². The highest BCUT2D eigenvalue weighted by atomic mass is 16.5. The van der Waals surface area contributed by atoms with E-state index in [0.717, 1.165) is 0 Å². The maximum Gasteiger partial charge on any atom is 0.357 e. The van der Waals surface area contributed by atoms with Crippen LogP contribution >= 0.6 is 0 Å². The maximum atomic E-state index is 13.0. The van der Waals surface area contributed by atoms with Gasteiger partial charge < -0.3 is 9.64 Å². The Balaban J connectivity index is 1.49. The number of hydrogen-bond donors (Lipinski definition) is 1. The average Bonchev–Trinajstić information content (AvgIpc) is 3.51. The third-order valence-corrected chi connectivity index (χ3v) is 5.89. The quantitative estimate of drug-likeness (QED) is 0.440. The van der Waals surface area contributed by atoms with Crippen molar-refractivity contribution in [3.8, 4) is 16.9 Å². The van der Waals surface area contributed by atoms with Gasteiger partial charge in [-0.05, 0) is 18.6 Å². The molecule has 1 N–H and O–H groups in total. The molecule has 2 aliphatic rings. The number of rotatable bonds is 4. The molecule has 0 radical (unpaired) electrons. The average molecular weight is 449 g/mol.